The first-order valence-electron chi connectivity index (χ1n) is 6.63. The molecule has 0 aliphatic heterocycles. The lowest BCUT2D eigenvalue weighted by Gasteiger charge is -2.12. The smallest absolute Gasteiger partial charge is 0.273 e. The molecule has 0 aliphatic carbocycles. The number of amides is 1. The van der Waals surface area contributed by atoms with E-state index in [9.17, 15) is 4.79 Å². The summed E-state index contributed by atoms with van der Waals surface area (Å²) in [7, 11) is 1.80. The molecule has 0 bridgehead atoms. The zero-order chi connectivity index (χ0) is 14.4. The third-order valence-electron chi connectivity index (χ3n) is 3.05. The predicted octanol–water partition coefficient (Wildman–Crippen LogP) is 1.93. The molecule has 1 atom stereocenters. The molecular formula is C15H19N3O2. The van der Waals surface area contributed by atoms with Gasteiger partial charge >= 0.3 is 0 Å². The number of hydrogen-bond acceptors (Lipinski definition) is 4. The van der Waals surface area contributed by atoms with Gasteiger partial charge in [0.2, 0.25) is 5.89 Å². The summed E-state index contributed by atoms with van der Waals surface area (Å²) in [4.78, 5) is 16.1. The average Bonchev–Trinajstić information content (AvgIpc) is 2.94. The molecule has 20 heavy (non-hydrogen) atoms. The molecule has 0 radical (unpaired) electrons. The highest BCUT2D eigenvalue weighted by Crippen LogP contribution is 2.13. The molecule has 1 aromatic heterocycles. The Hall–Kier alpha value is -2.14. The Morgan fingerprint density at radius 2 is 2.10 bits per heavy atom. The summed E-state index contributed by atoms with van der Waals surface area (Å²) in [5, 5.41) is 5.79. The van der Waals surface area contributed by atoms with Crippen LogP contribution in [0.3, 0.4) is 0 Å². The lowest BCUT2D eigenvalue weighted by molar-refractivity contribution is 0.0946. The van der Waals surface area contributed by atoms with Gasteiger partial charge in [-0.15, -0.1) is 0 Å². The Balaban J connectivity index is 1.88. The lowest BCUT2D eigenvalue weighted by atomic mass is 10.0. The van der Waals surface area contributed by atoms with Gasteiger partial charge in [0.05, 0.1) is 6.54 Å². The van der Waals surface area contributed by atoms with Crippen molar-refractivity contribution < 1.29 is 9.21 Å². The molecular weight excluding hydrogens is 254 g/mol. The maximum absolute atomic E-state index is 11.9. The molecule has 5 nitrogen and oxygen atoms in total. The SMILES string of the molecule is CNCc1nc(C(=O)NCC(C)c2ccccc2)co1. The Morgan fingerprint density at radius 1 is 1.35 bits per heavy atom. The van der Waals surface area contributed by atoms with Crippen LogP contribution in [0.1, 0.15) is 34.8 Å². The van der Waals surface area contributed by atoms with Gasteiger partial charge in [-0.2, -0.15) is 0 Å². The van der Waals surface area contributed by atoms with Gasteiger partial charge in [-0.05, 0) is 18.5 Å². The summed E-state index contributed by atoms with van der Waals surface area (Å²) in [5.74, 6) is 0.552. The first kappa shape index (κ1) is 14.3. The lowest BCUT2D eigenvalue weighted by Crippen LogP contribution is -2.27. The summed E-state index contributed by atoms with van der Waals surface area (Å²) in [5.41, 5.74) is 1.51. The fourth-order valence-corrected chi connectivity index (χ4v) is 1.88. The number of nitrogens with one attached hydrogen (secondary N) is 2. The van der Waals surface area contributed by atoms with Gasteiger partial charge in [-0.1, -0.05) is 37.3 Å². The van der Waals surface area contributed by atoms with Crippen molar-refractivity contribution in [3.05, 3.63) is 53.7 Å². The molecule has 0 spiro atoms. The van der Waals surface area contributed by atoms with Gasteiger partial charge in [-0.25, -0.2) is 4.98 Å². The number of oxazole rings is 1. The predicted molar refractivity (Wildman–Crippen MR) is 76.5 cm³/mol. The summed E-state index contributed by atoms with van der Waals surface area (Å²) >= 11 is 0. The molecule has 1 aromatic carbocycles. The van der Waals surface area contributed by atoms with E-state index in [1.807, 2.05) is 18.2 Å². The van der Waals surface area contributed by atoms with Crippen molar-refractivity contribution in [1.82, 2.24) is 15.6 Å². The highest BCUT2D eigenvalue weighted by Gasteiger charge is 2.13. The molecule has 106 valence electrons. The fourth-order valence-electron chi connectivity index (χ4n) is 1.88. The number of nitrogens with zero attached hydrogens (tertiary/aromatic N) is 1. The zero-order valence-electron chi connectivity index (χ0n) is 11.7. The minimum absolute atomic E-state index is 0.209. The van der Waals surface area contributed by atoms with E-state index in [2.05, 4.69) is 34.7 Å². The highest BCUT2D eigenvalue weighted by molar-refractivity contribution is 5.91. The van der Waals surface area contributed by atoms with E-state index < -0.39 is 0 Å². The van der Waals surface area contributed by atoms with Crippen molar-refractivity contribution in [2.24, 2.45) is 0 Å². The van der Waals surface area contributed by atoms with E-state index in [-0.39, 0.29) is 11.8 Å². The topological polar surface area (TPSA) is 67.2 Å². The first-order chi connectivity index (χ1) is 9.70. The van der Waals surface area contributed by atoms with Crippen LogP contribution >= 0.6 is 0 Å². The molecule has 2 aromatic rings. The van der Waals surface area contributed by atoms with E-state index in [0.717, 1.165) is 0 Å². The second-order valence-corrected chi connectivity index (χ2v) is 4.68. The van der Waals surface area contributed by atoms with Crippen molar-refractivity contribution in [2.75, 3.05) is 13.6 Å². The molecule has 5 heteroatoms. The number of aromatic nitrogens is 1. The van der Waals surface area contributed by atoms with Gasteiger partial charge in [-0.3, -0.25) is 4.79 Å². The van der Waals surface area contributed by atoms with E-state index >= 15 is 0 Å². The maximum atomic E-state index is 11.9. The third kappa shape index (κ3) is 3.68. The van der Waals surface area contributed by atoms with E-state index in [1.165, 1.54) is 11.8 Å². The Morgan fingerprint density at radius 3 is 2.80 bits per heavy atom. The minimum atomic E-state index is -0.209. The third-order valence-corrected chi connectivity index (χ3v) is 3.05. The fraction of sp³-hybridized carbons (Fsp3) is 0.333. The van der Waals surface area contributed by atoms with Gasteiger partial charge < -0.3 is 15.1 Å². The second kappa shape index (κ2) is 6.86. The average molecular weight is 273 g/mol. The highest BCUT2D eigenvalue weighted by atomic mass is 16.3. The van der Waals surface area contributed by atoms with Crippen molar-refractivity contribution in [1.29, 1.82) is 0 Å². The monoisotopic (exact) mass is 273 g/mol. The van der Waals surface area contributed by atoms with Crippen LogP contribution in [0.25, 0.3) is 0 Å². The van der Waals surface area contributed by atoms with Crippen molar-refractivity contribution >= 4 is 5.91 Å². The molecule has 2 N–H and O–H groups in total. The van der Waals surface area contributed by atoms with E-state index in [1.54, 1.807) is 7.05 Å². The van der Waals surface area contributed by atoms with Crippen molar-refractivity contribution in [3.8, 4) is 0 Å². The van der Waals surface area contributed by atoms with Crippen LogP contribution in [-0.4, -0.2) is 24.5 Å². The van der Waals surface area contributed by atoms with Gasteiger partial charge in [0.15, 0.2) is 5.69 Å². The summed E-state index contributed by atoms with van der Waals surface area (Å²) < 4.78 is 5.18. The summed E-state index contributed by atoms with van der Waals surface area (Å²) in [6, 6.07) is 10.1. The molecule has 1 unspecified atom stereocenters. The van der Waals surface area contributed by atoms with Crippen LogP contribution in [0.4, 0.5) is 0 Å². The minimum Gasteiger partial charge on any atom is -0.447 e. The Labute approximate surface area is 118 Å². The van der Waals surface area contributed by atoms with E-state index in [4.69, 9.17) is 4.42 Å². The molecule has 1 amide bonds. The number of carbonyl (C=O) groups excluding carboxylic acids is 1. The van der Waals surface area contributed by atoms with Crippen LogP contribution in [0.15, 0.2) is 41.0 Å². The van der Waals surface area contributed by atoms with Crippen LogP contribution in [-0.2, 0) is 6.54 Å². The molecule has 0 aliphatic rings. The largest absolute Gasteiger partial charge is 0.447 e. The second-order valence-electron chi connectivity index (χ2n) is 4.68. The number of rotatable bonds is 6. The van der Waals surface area contributed by atoms with Gasteiger partial charge in [0.25, 0.3) is 5.91 Å². The molecule has 2 rings (SSSR count). The Kier molecular flexibility index (Phi) is 4.90. The van der Waals surface area contributed by atoms with Crippen LogP contribution in [0.5, 0.6) is 0 Å². The van der Waals surface area contributed by atoms with Gasteiger partial charge in [0.1, 0.15) is 6.26 Å². The standard InChI is InChI=1S/C15H19N3O2/c1-11(12-6-4-3-5-7-12)8-17-15(19)13-10-20-14(18-13)9-16-2/h3-7,10-11,16H,8-9H2,1-2H3,(H,17,19). The number of carbonyl (C=O) groups is 1. The first-order valence-corrected chi connectivity index (χ1v) is 6.63. The quantitative estimate of drug-likeness (QED) is 0.844. The number of hydrogen-bond donors (Lipinski definition) is 2. The Bertz CT molecular complexity index is 551. The molecule has 1 heterocycles. The molecule has 0 saturated heterocycles. The van der Waals surface area contributed by atoms with Crippen LogP contribution in [0, 0.1) is 0 Å². The maximum Gasteiger partial charge on any atom is 0.273 e. The van der Waals surface area contributed by atoms with E-state index in [0.29, 0.717) is 24.7 Å². The molecule has 0 saturated carbocycles. The molecule has 0 fully saturated rings. The summed E-state index contributed by atoms with van der Waals surface area (Å²) in [6.07, 6.45) is 1.38. The zero-order valence-corrected chi connectivity index (χ0v) is 11.7. The van der Waals surface area contributed by atoms with Crippen molar-refractivity contribution in [2.45, 2.75) is 19.4 Å². The van der Waals surface area contributed by atoms with Crippen LogP contribution < -0.4 is 10.6 Å². The van der Waals surface area contributed by atoms with Crippen molar-refractivity contribution in [3.63, 3.8) is 0 Å². The van der Waals surface area contributed by atoms with Crippen LogP contribution in [0.2, 0.25) is 0 Å². The van der Waals surface area contributed by atoms with Gasteiger partial charge in [0, 0.05) is 6.54 Å². The number of benzene rings is 1. The normalized spacial score (nSPS) is 12.1. The summed E-state index contributed by atoms with van der Waals surface area (Å²) in [6.45, 7) is 3.15.